The van der Waals surface area contributed by atoms with Gasteiger partial charge in [0.05, 0.1) is 6.61 Å². The van der Waals surface area contributed by atoms with E-state index in [9.17, 15) is 0 Å². The van der Waals surface area contributed by atoms with Crippen LogP contribution in [0.15, 0.2) is 12.2 Å². The Bertz CT molecular complexity index is 380. The van der Waals surface area contributed by atoms with E-state index in [1.807, 2.05) is 26.0 Å². The lowest BCUT2D eigenvalue weighted by molar-refractivity contribution is -0.146. The van der Waals surface area contributed by atoms with Gasteiger partial charge in [0.15, 0.2) is 5.79 Å². The van der Waals surface area contributed by atoms with Crippen LogP contribution in [-0.4, -0.2) is 34.3 Å². The maximum Gasteiger partial charge on any atom is 0.265 e. The molecule has 2 atom stereocenters. The van der Waals surface area contributed by atoms with E-state index in [-0.39, 0.29) is 6.10 Å². The lowest BCUT2D eigenvalue weighted by Crippen LogP contribution is -2.36. The van der Waals surface area contributed by atoms with Crippen LogP contribution in [0.3, 0.4) is 0 Å². The molecule has 0 aromatic carbocycles. The number of rotatable bonds is 6. The molecule has 122 valence electrons. The van der Waals surface area contributed by atoms with Gasteiger partial charge in [-0.15, -0.1) is 0 Å². The number of unbranched alkanes of at least 4 members (excludes halogenated alkanes) is 2. The van der Waals surface area contributed by atoms with Crippen LogP contribution in [0.5, 0.6) is 0 Å². The molecule has 0 aromatic rings. The molecule has 0 amide bonds. The second-order valence-electron chi connectivity index (χ2n) is 5.35. The number of allylic oxidation sites excluding steroid dienone is 1. The molecule has 0 unspecified atom stereocenters. The molecule has 4 nitrogen and oxygen atoms in total. The minimum atomic E-state index is -1.88. The molecular weight excluding hydrogens is 337 g/mol. The Balaban J connectivity index is 2.71. The fourth-order valence-corrected chi connectivity index (χ4v) is 2.01. The number of halogens is 3. The van der Waals surface area contributed by atoms with Crippen LogP contribution in [0.2, 0.25) is 0 Å². The first-order valence-electron chi connectivity index (χ1n) is 6.96. The van der Waals surface area contributed by atoms with Gasteiger partial charge >= 0.3 is 0 Å². The van der Waals surface area contributed by atoms with Crippen molar-refractivity contribution >= 4 is 40.7 Å². The number of hydrogen-bond acceptors (Lipinski definition) is 4. The van der Waals surface area contributed by atoms with Crippen LogP contribution in [0, 0.1) is 5.41 Å². The molecule has 7 heteroatoms. The average Bonchev–Trinajstić information content (AvgIpc) is 2.72. The first-order chi connectivity index (χ1) is 9.65. The van der Waals surface area contributed by atoms with Crippen molar-refractivity contribution in [1.29, 1.82) is 5.41 Å². The van der Waals surface area contributed by atoms with Crippen molar-refractivity contribution in [3.8, 4) is 0 Å². The van der Waals surface area contributed by atoms with Gasteiger partial charge in [-0.25, -0.2) is 0 Å². The molecule has 0 saturated carbocycles. The summed E-state index contributed by atoms with van der Waals surface area (Å²) in [5, 5.41) is 7.70. The Morgan fingerprint density at radius 1 is 1.48 bits per heavy atom. The van der Waals surface area contributed by atoms with E-state index in [1.54, 1.807) is 0 Å². The van der Waals surface area contributed by atoms with E-state index in [0.29, 0.717) is 6.61 Å². The summed E-state index contributed by atoms with van der Waals surface area (Å²) in [6.45, 7) is 6.13. The Kier molecular flexibility index (Phi) is 7.28. The summed E-state index contributed by atoms with van der Waals surface area (Å²) in [5.41, 5.74) is 0. The fourth-order valence-electron chi connectivity index (χ4n) is 1.87. The van der Waals surface area contributed by atoms with E-state index >= 15 is 0 Å². The van der Waals surface area contributed by atoms with Gasteiger partial charge in [-0.2, -0.15) is 0 Å². The summed E-state index contributed by atoms with van der Waals surface area (Å²) in [6, 6.07) is 0. The standard InChI is InChI=1S/C14H22Cl3NO3/c1-4-5-6-7-8-10(20-12(18)14(15,16)17)11-9-19-13(2,3)21-11/h7-8,10-11,18H,4-6,9H2,1-3H3/b8-7+,18-12?/t10-,11-/m1/s1. The monoisotopic (exact) mass is 357 g/mol. The van der Waals surface area contributed by atoms with E-state index in [4.69, 9.17) is 54.4 Å². The van der Waals surface area contributed by atoms with Gasteiger partial charge < -0.3 is 14.2 Å². The molecule has 1 aliphatic rings. The third kappa shape index (κ3) is 6.74. The molecule has 0 radical (unpaired) electrons. The zero-order valence-electron chi connectivity index (χ0n) is 12.5. The van der Waals surface area contributed by atoms with Crippen molar-refractivity contribution in [2.45, 2.75) is 61.8 Å². The van der Waals surface area contributed by atoms with E-state index in [1.165, 1.54) is 0 Å². The highest BCUT2D eigenvalue weighted by Gasteiger charge is 2.40. The lowest BCUT2D eigenvalue weighted by atomic mass is 10.1. The Hall–Kier alpha value is -0.0000000000000000416. The van der Waals surface area contributed by atoms with Crippen LogP contribution < -0.4 is 0 Å². The summed E-state index contributed by atoms with van der Waals surface area (Å²) < 4.78 is 14.9. The van der Waals surface area contributed by atoms with Crippen molar-refractivity contribution in [3.05, 3.63) is 12.2 Å². The molecule has 0 aromatic heterocycles. The van der Waals surface area contributed by atoms with Gasteiger partial charge in [0.1, 0.15) is 12.2 Å². The zero-order chi connectivity index (χ0) is 16.1. The highest BCUT2D eigenvalue weighted by molar-refractivity contribution is 6.76. The van der Waals surface area contributed by atoms with Gasteiger partial charge in [-0.3, -0.25) is 5.41 Å². The molecule has 1 heterocycles. The van der Waals surface area contributed by atoms with Gasteiger partial charge in [-0.05, 0) is 26.3 Å². The molecule has 1 fully saturated rings. The molecule has 0 aliphatic carbocycles. The molecule has 1 N–H and O–H groups in total. The summed E-state index contributed by atoms with van der Waals surface area (Å²) in [6.07, 6.45) is 6.09. The first-order valence-corrected chi connectivity index (χ1v) is 8.10. The van der Waals surface area contributed by atoms with Crippen molar-refractivity contribution in [1.82, 2.24) is 0 Å². The Morgan fingerprint density at radius 3 is 2.62 bits per heavy atom. The van der Waals surface area contributed by atoms with Crippen molar-refractivity contribution in [2.24, 2.45) is 0 Å². The SMILES string of the molecule is CCCC/C=C/[C@@H](OC(=N)C(Cl)(Cl)Cl)[C@H]1COC(C)(C)O1. The molecule has 1 rings (SSSR count). The third-order valence-corrected chi connectivity index (χ3v) is 3.47. The van der Waals surface area contributed by atoms with Gasteiger partial charge in [0.25, 0.3) is 3.79 Å². The number of ether oxygens (including phenoxy) is 3. The highest BCUT2D eigenvalue weighted by Crippen LogP contribution is 2.31. The average molecular weight is 359 g/mol. The highest BCUT2D eigenvalue weighted by atomic mass is 35.6. The summed E-state index contributed by atoms with van der Waals surface area (Å²) in [5.74, 6) is -1.10. The van der Waals surface area contributed by atoms with Crippen LogP contribution in [0.1, 0.15) is 40.0 Å². The first kappa shape index (κ1) is 19.0. The van der Waals surface area contributed by atoms with Gasteiger partial charge in [-0.1, -0.05) is 60.6 Å². The van der Waals surface area contributed by atoms with Gasteiger partial charge in [0.2, 0.25) is 5.90 Å². The molecule has 0 bridgehead atoms. The Morgan fingerprint density at radius 2 is 2.14 bits per heavy atom. The van der Waals surface area contributed by atoms with Crippen molar-refractivity contribution in [3.63, 3.8) is 0 Å². The normalized spacial score (nSPS) is 23.4. The number of alkyl halides is 3. The number of hydrogen-bond donors (Lipinski definition) is 1. The van der Waals surface area contributed by atoms with Gasteiger partial charge in [0, 0.05) is 0 Å². The van der Waals surface area contributed by atoms with Crippen molar-refractivity contribution < 1.29 is 14.2 Å². The number of nitrogens with one attached hydrogen (secondary N) is 1. The van der Waals surface area contributed by atoms with E-state index < -0.39 is 21.6 Å². The summed E-state index contributed by atoms with van der Waals surface area (Å²) in [7, 11) is 0. The smallest absolute Gasteiger partial charge is 0.265 e. The zero-order valence-corrected chi connectivity index (χ0v) is 14.8. The van der Waals surface area contributed by atoms with Crippen molar-refractivity contribution in [2.75, 3.05) is 6.61 Å². The lowest BCUT2D eigenvalue weighted by Gasteiger charge is -2.25. The summed E-state index contributed by atoms with van der Waals surface area (Å²) in [4.78, 5) is 0. The second-order valence-corrected chi connectivity index (χ2v) is 7.63. The topological polar surface area (TPSA) is 51.5 Å². The van der Waals surface area contributed by atoms with E-state index in [2.05, 4.69) is 6.92 Å². The predicted octanol–water partition coefficient (Wildman–Crippen LogP) is 4.62. The Labute approximate surface area is 141 Å². The molecule has 1 aliphatic heterocycles. The van der Waals surface area contributed by atoms with Crippen LogP contribution in [0.4, 0.5) is 0 Å². The third-order valence-electron chi connectivity index (χ3n) is 2.96. The van der Waals surface area contributed by atoms with Crippen LogP contribution >= 0.6 is 34.8 Å². The quantitative estimate of drug-likeness (QED) is 0.248. The largest absolute Gasteiger partial charge is 0.468 e. The fraction of sp³-hybridized carbons (Fsp3) is 0.786. The minimum absolute atomic E-state index is 0.342. The molecule has 0 spiro atoms. The van der Waals surface area contributed by atoms with Crippen LogP contribution in [0.25, 0.3) is 0 Å². The summed E-state index contributed by atoms with van der Waals surface area (Å²) >= 11 is 17.0. The predicted molar refractivity (Wildman–Crippen MR) is 86.5 cm³/mol. The minimum Gasteiger partial charge on any atom is -0.468 e. The molecule has 21 heavy (non-hydrogen) atoms. The maximum absolute atomic E-state index is 7.70. The molecule has 1 saturated heterocycles. The van der Waals surface area contributed by atoms with E-state index in [0.717, 1.165) is 19.3 Å². The second kappa shape index (κ2) is 8.02. The molecular formula is C14H22Cl3NO3. The van der Waals surface area contributed by atoms with Crippen LogP contribution in [-0.2, 0) is 14.2 Å². The maximum atomic E-state index is 7.70.